The summed E-state index contributed by atoms with van der Waals surface area (Å²) in [6, 6.07) is 10.2. The highest BCUT2D eigenvalue weighted by molar-refractivity contribution is 5.78. The molecule has 2 fully saturated rings. The zero-order valence-electron chi connectivity index (χ0n) is 14.6. The standard InChI is InChI=1S/C19H29N3O2/c1-16(17-6-3-2-4-7-17)20-19(23)15-22-11-9-21(10-12-22)14-18-8-5-13-24-18/h2-4,6-7,16,18H,5,8-15H2,1H3,(H,20,23). The van der Waals surface area contributed by atoms with Crippen molar-refractivity contribution in [1.82, 2.24) is 15.1 Å². The third-order valence-electron chi connectivity index (χ3n) is 5.00. The molecule has 1 aromatic carbocycles. The van der Waals surface area contributed by atoms with Gasteiger partial charge in [0.1, 0.15) is 0 Å². The first-order valence-corrected chi connectivity index (χ1v) is 9.11. The molecule has 5 heteroatoms. The van der Waals surface area contributed by atoms with E-state index in [4.69, 9.17) is 4.74 Å². The molecule has 0 aliphatic carbocycles. The van der Waals surface area contributed by atoms with Crippen molar-refractivity contribution >= 4 is 5.91 Å². The van der Waals surface area contributed by atoms with E-state index >= 15 is 0 Å². The Bertz CT molecular complexity index is 509. The number of hydrogen-bond donors (Lipinski definition) is 1. The zero-order chi connectivity index (χ0) is 16.8. The maximum atomic E-state index is 12.3. The molecule has 1 amide bonds. The second-order valence-electron chi connectivity index (χ2n) is 6.91. The monoisotopic (exact) mass is 331 g/mol. The summed E-state index contributed by atoms with van der Waals surface area (Å²) >= 11 is 0. The van der Waals surface area contributed by atoms with Crippen LogP contribution in [-0.4, -0.2) is 67.7 Å². The highest BCUT2D eigenvalue weighted by Gasteiger charge is 2.23. The molecule has 0 saturated carbocycles. The van der Waals surface area contributed by atoms with Gasteiger partial charge in [-0.05, 0) is 25.3 Å². The number of carbonyl (C=O) groups is 1. The molecule has 2 atom stereocenters. The van der Waals surface area contributed by atoms with Gasteiger partial charge in [0, 0.05) is 39.3 Å². The topological polar surface area (TPSA) is 44.8 Å². The molecule has 2 heterocycles. The molecule has 1 aromatic rings. The molecular formula is C19H29N3O2. The number of hydrogen-bond acceptors (Lipinski definition) is 4. The Morgan fingerprint density at radius 1 is 1.21 bits per heavy atom. The van der Waals surface area contributed by atoms with E-state index in [0.717, 1.165) is 44.9 Å². The molecule has 0 aromatic heterocycles. The molecule has 24 heavy (non-hydrogen) atoms. The Hall–Kier alpha value is -1.43. The van der Waals surface area contributed by atoms with Crippen LogP contribution in [0.15, 0.2) is 30.3 Å². The van der Waals surface area contributed by atoms with Gasteiger partial charge < -0.3 is 10.1 Å². The summed E-state index contributed by atoms with van der Waals surface area (Å²) in [6.07, 6.45) is 2.82. The van der Waals surface area contributed by atoms with E-state index in [1.54, 1.807) is 0 Å². The molecule has 0 radical (unpaired) electrons. The minimum Gasteiger partial charge on any atom is -0.377 e. The largest absolute Gasteiger partial charge is 0.377 e. The summed E-state index contributed by atoms with van der Waals surface area (Å²) in [4.78, 5) is 17.0. The van der Waals surface area contributed by atoms with Crippen LogP contribution in [0.3, 0.4) is 0 Å². The molecule has 2 saturated heterocycles. The summed E-state index contributed by atoms with van der Waals surface area (Å²) in [5.41, 5.74) is 1.15. The molecule has 132 valence electrons. The number of nitrogens with zero attached hydrogens (tertiary/aromatic N) is 2. The Kier molecular flexibility index (Phi) is 6.24. The van der Waals surface area contributed by atoms with Crippen molar-refractivity contribution < 1.29 is 9.53 Å². The second-order valence-corrected chi connectivity index (χ2v) is 6.91. The Morgan fingerprint density at radius 2 is 1.92 bits per heavy atom. The van der Waals surface area contributed by atoms with E-state index in [1.807, 2.05) is 25.1 Å². The van der Waals surface area contributed by atoms with Crippen molar-refractivity contribution in [3.05, 3.63) is 35.9 Å². The van der Waals surface area contributed by atoms with E-state index in [9.17, 15) is 4.79 Å². The van der Waals surface area contributed by atoms with Crippen LogP contribution in [0.4, 0.5) is 0 Å². The summed E-state index contributed by atoms with van der Waals surface area (Å²) in [5.74, 6) is 0.110. The predicted molar refractivity (Wildman–Crippen MR) is 94.9 cm³/mol. The van der Waals surface area contributed by atoms with Gasteiger partial charge in [-0.1, -0.05) is 30.3 Å². The first kappa shape index (κ1) is 17.4. The first-order valence-electron chi connectivity index (χ1n) is 9.11. The lowest BCUT2D eigenvalue weighted by molar-refractivity contribution is -0.123. The van der Waals surface area contributed by atoms with Gasteiger partial charge in [-0.15, -0.1) is 0 Å². The van der Waals surface area contributed by atoms with Crippen molar-refractivity contribution in [2.24, 2.45) is 0 Å². The number of rotatable bonds is 6. The fourth-order valence-electron chi connectivity index (χ4n) is 3.52. The van der Waals surface area contributed by atoms with E-state index in [2.05, 4.69) is 27.2 Å². The van der Waals surface area contributed by atoms with Gasteiger partial charge in [0.25, 0.3) is 0 Å². The van der Waals surface area contributed by atoms with Gasteiger partial charge in [-0.2, -0.15) is 0 Å². The van der Waals surface area contributed by atoms with Crippen molar-refractivity contribution in [3.63, 3.8) is 0 Å². The van der Waals surface area contributed by atoms with E-state index in [0.29, 0.717) is 12.6 Å². The van der Waals surface area contributed by atoms with Crippen LogP contribution in [0.5, 0.6) is 0 Å². The van der Waals surface area contributed by atoms with Gasteiger partial charge in [0.2, 0.25) is 5.91 Å². The van der Waals surface area contributed by atoms with Crippen LogP contribution in [0.2, 0.25) is 0 Å². The van der Waals surface area contributed by atoms with Crippen LogP contribution in [0.25, 0.3) is 0 Å². The Labute approximate surface area is 145 Å². The fourth-order valence-corrected chi connectivity index (χ4v) is 3.52. The fraction of sp³-hybridized carbons (Fsp3) is 0.632. The lowest BCUT2D eigenvalue weighted by Gasteiger charge is -2.35. The normalized spacial score (nSPS) is 24.0. The lowest BCUT2D eigenvalue weighted by Crippen LogP contribution is -2.51. The number of ether oxygens (including phenoxy) is 1. The average Bonchev–Trinajstić information content (AvgIpc) is 3.10. The van der Waals surface area contributed by atoms with Crippen molar-refractivity contribution in [2.75, 3.05) is 45.9 Å². The van der Waals surface area contributed by atoms with Gasteiger partial charge >= 0.3 is 0 Å². The van der Waals surface area contributed by atoms with Gasteiger partial charge in [0.15, 0.2) is 0 Å². The van der Waals surface area contributed by atoms with E-state index < -0.39 is 0 Å². The minimum atomic E-state index is 0.0551. The molecule has 2 unspecified atom stereocenters. The third kappa shape index (κ3) is 5.03. The number of piperazine rings is 1. The Morgan fingerprint density at radius 3 is 2.58 bits per heavy atom. The molecule has 0 spiro atoms. The zero-order valence-corrected chi connectivity index (χ0v) is 14.6. The van der Waals surface area contributed by atoms with Gasteiger partial charge in [0.05, 0.1) is 18.7 Å². The summed E-state index contributed by atoms with van der Waals surface area (Å²) in [6.45, 7) is 8.47. The maximum Gasteiger partial charge on any atom is 0.234 e. The lowest BCUT2D eigenvalue weighted by atomic mass is 10.1. The molecule has 1 N–H and O–H groups in total. The number of carbonyl (C=O) groups excluding carboxylic acids is 1. The maximum absolute atomic E-state index is 12.3. The molecule has 3 rings (SSSR count). The van der Waals surface area contributed by atoms with Gasteiger partial charge in [-0.25, -0.2) is 0 Å². The van der Waals surface area contributed by atoms with Crippen LogP contribution >= 0.6 is 0 Å². The summed E-state index contributed by atoms with van der Waals surface area (Å²) < 4.78 is 5.71. The highest BCUT2D eigenvalue weighted by atomic mass is 16.5. The molecule has 2 aliphatic heterocycles. The first-order chi connectivity index (χ1) is 11.7. The van der Waals surface area contributed by atoms with Crippen LogP contribution < -0.4 is 5.32 Å². The predicted octanol–water partition coefficient (Wildman–Crippen LogP) is 1.66. The summed E-state index contributed by atoms with van der Waals surface area (Å²) in [5, 5.41) is 3.10. The number of nitrogens with one attached hydrogen (secondary N) is 1. The molecule has 0 bridgehead atoms. The van der Waals surface area contributed by atoms with Crippen LogP contribution in [-0.2, 0) is 9.53 Å². The van der Waals surface area contributed by atoms with Crippen molar-refractivity contribution in [3.8, 4) is 0 Å². The summed E-state index contributed by atoms with van der Waals surface area (Å²) in [7, 11) is 0. The van der Waals surface area contributed by atoms with Crippen molar-refractivity contribution in [2.45, 2.75) is 31.9 Å². The van der Waals surface area contributed by atoms with E-state index in [-0.39, 0.29) is 11.9 Å². The SMILES string of the molecule is CC(NC(=O)CN1CCN(CC2CCCO2)CC1)c1ccccc1. The smallest absolute Gasteiger partial charge is 0.234 e. The van der Waals surface area contributed by atoms with Crippen LogP contribution in [0.1, 0.15) is 31.4 Å². The minimum absolute atomic E-state index is 0.0551. The van der Waals surface area contributed by atoms with Crippen LogP contribution in [0, 0.1) is 0 Å². The number of amides is 1. The van der Waals surface area contributed by atoms with Gasteiger partial charge in [-0.3, -0.25) is 14.6 Å². The molecule has 2 aliphatic rings. The third-order valence-corrected chi connectivity index (χ3v) is 5.00. The second kappa shape index (κ2) is 8.60. The highest BCUT2D eigenvalue weighted by Crippen LogP contribution is 2.15. The average molecular weight is 331 g/mol. The van der Waals surface area contributed by atoms with E-state index in [1.165, 1.54) is 12.8 Å². The quantitative estimate of drug-likeness (QED) is 0.861. The Balaban J connectivity index is 1.37. The number of benzene rings is 1. The molecule has 5 nitrogen and oxygen atoms in total. The molecular weight excluding hydrogens is 302 g/mol. The van der Waals surface area contributed by atoms with Crippen molar-refractivity contribution in [1.29, 1.82) is 0 Å².